The van der Waals surface area contributed by atoms with Crippen LogP contribution < -0.4 is 15.8 Å². The molecule has 140 valence electrons. The average molecular weight is 371 g/mol. The fourth-order valence-electron chi connectivity index (χ4n) is 3.05. The van der Waals surface area contributed by atoms with Crippen molar-refractivity contribution in [3.05, 3.63) is 23.8 Å². The Kier molecular flexibility index (Phi) is 7.07. The topological polar surface area (TPSA) is 82.8 Å². The highest BCUT2D eigenvalue weighted by Crippen LogP contribution is 2.26. The van der Waals surface area contributed by atoms with Crippen LogP contribution in [0.25, 0.3) is 0 Å². The summed E-state index contributed by atoms with van der Waals surface area (Å²) in [5.74, 6) is 0.705. The molecule has 1 aromatic carbocycles. The first-order chi connectivity index (χ1) is 11.6. The maximum absolute atomic E-state index is 12.5. The van der Waals surface area contributed by atoms with Crippen molar-refractivity contribution >= 4 is 24.0 Å². The molecular formula is C18H27ClN2O4. The molecule has 25 heavy (non-hydrogen) atoms. The van der Waals surface area contributed by atoms with E-state index in [1.807, 2.05) is 25.1 Å². The molecule has 0 saturated carbocycles. The number of hydrogen-bond acceptors (Lipinski definition) is 5. The van der Waals surface area contributed by atoms with Crippen LogP contribution in [-0.2, 0) is 14.3 Å². The van der Waals surface area contributed by atoms with Crippen molar-refractivity contribution in [1.29, 1.82) is 0 Å². The molecule has 0 aromatic heterocycles. The van der Waals surface area contributed by atoms with Gasteiger partial charge in [-0.05, 0) is 43.5 Å². The number of carbonyl (C=O) groups excluding carboxylic acids is 1. The van der Waals surface area contributed by atoms with Gasteiger partial charge >= 0.3 is 0 Å². The largest absolute Gasteiger partial charge is 0.490 e. The minimum atomic E-state index is -0.844. The monoisotopic (exact) mass is 370 g/mol. The minimum absolute atomic E-state index is 0. The molecule has 0 spiro atoms. The van der Waals surface area contributed by atoms with E-state index in [0.717, 1.165) is 43.1 Å². The van der Waals surface area contributed by atoms with Crippen LogP contribution in [0.3, 0.4) is 0 Å². The van der Waals surface area contributed by atoms with Gasteiger partial charge in [0.25, 0.3) is 0 Å². The van der Waals surface area contributed by atoms with E-state index in [9.17, 15) is 4.79 Å². The van der Waals surface area contributed by atoms with E-state index >= 15 is 0 Å². The molecule has 1 aromatic rings. The van der Waals surface area contributed by atoms with E-state index in [0.29, 0.717) is 26.1 Å². The van der Waals surface area contributed by atoms with Crippen LogP contribution >= 0.6 is 12.4 Å². The number of anilines is 1. The van der Waals surface area contributed by atoms with Crippen LogP contribution in [0.2, 0.25) is 0 Å². The lowest BCUT2D eigenvalue weighted by Crippen LogP contribution is -2.54. The first-order valence-corrected chi connectivity index (χ1v) is 8.60. The third-order valence-corrected chi connectivity index (χ3v) is 4.73. The predicted molar refractivity (Wildman–Crippen MR) is 98.5 cm³/mol. The highest BCUT2D eigenvalue weighted by atomic mass is 35.5. The Bertz CT molecular complexity index is 584. The summed E-state index contributed by atoms with van der Waals surface area (Å²) in [6.45, 7) is 4.54. The van der Waals surface area contributed by atoms with Gasteiger partial charge in [0, 0.05) is 31.7 Å². The molecule has 0 aliphatic carbocycles. The number of halogens is 1. The molecule has 1 amide bonds. The number of nitrogens with one attached hydrogen (secondary N) is 1. The van der Waals surface area contributed by atoms with Crippen molar-refractivity contribution in [2.24, 2.45) is 5.73 Å². The first-order valence-electron chi connectivity index (χ1n) is 8.60. The van der Waals surface area contributed by atoms with Gasteiger partial charge in [0.1, 0.15) is 17.4 Å². The van der Waals surface area contributed by atoms with Crippen LogP contribution in [0, 0.1) is 6.92 Å². The number of ether oxygens (including phenoxy) is 3. The summed E-state index contributed by atoms with van der Waals surface area (Å²) >= 11 is 0. The molecule has 2 heterocycles. The lowest BCUT2D eigenvalue weighted by molar-refractivity contribution is -0.124. The number of amides is 1. The fraction of sp³-hybridized carbons (Fsp3) is 0.611. The Balaban J connectivity index is 0.00000225. The van der Waals surface area contributed by atoms with E-state index in [-0.39, 0.29) is 24.4 Å². The van der Waals surface area contributed by atoms with Gasteiger partial charge < -0.3 is 25.3 Å². The second-order valence-corrected chi connectivity index (χ2v) is 6.63. The Morgan fingerprint density at radius 2 is 1.84 bits per heavy atom. The van der Waals surface area contributed by atoms with Gasteiger partial charge in [-0.15, -0.1) is 12.4 Å². The summed E-state index contributed by atoms with van der Waals surface area (Å²) in [4.78, 5) is 12.5. The molecular weight excluding hydrogens is 344 g/mol. The molecule has 3 rings (SSSR count). The van der Waals surface area contributed by atoms with Crippen LogP contribution in [-0.4, -0.2) is 44.0 Å². The lowest BCUT2D eigenvalue weighted by atomic mass is 9.90. The Morgan fingerprint density at radius 1 is 1.20 bits per heavy atom. The van der Waals surface area contributed by atoms with Crippen molar-refractivity contribution in [1.82, 2.24) is 0 Å². The zero-order chi connectivity index (χ0) is 17.0. The Morgan fingerprint density at radius 3 is 2.48 bits per heavy atom. The predicted octanol–water partition coefficient (Wildman–Crippen LogP) is 2.42. The van der Waals surface area contributed by atoms with Gasteiger partial charge in [-0.3, -0.25) is 4.79 Å². The maximum Gasteiger partial charge on any atom is 0.244 e. The maximum atomic E-state index is 12.5. The normalized spacial score (nSPS) is 20.4. The Labute approximate surface area is 154 Å². The molecule has 0 bridgehead atoms. The molecule has 6 nitrogen and oxygen atoms in total. The quantitative estimate of drug-likeness (QED) is 0.850. The second kappa shape index (κ2) is 8.85. The third-order valence-electron chi connectivity index (χ3n) is 4.73. The molecule has 2 saturated heterocycles. The molecule has 0 unspecified atom stereocenters. The molecule has 2 aliphatic rings. The van der Waals surface area contributed by atoms with E-state index in [2.05, 4.69) is 5.32 Å². The molecule has 2 aliphatic heterocycles. The SMILES string of the molecule is Cc1cc(NC(=O)C2(N)CCOCC2)ccc1OC1CCOCC1.Cl. The second-order valence-electron chi connectivity index (χ2n) is 6.63. The minimum Gasteiger partial charge on any atom is -0.490 e. The highest BCUT2D eigenvalue weighted by molar-refractivity contribution is 5.98. The Hall–Kier alpha value is -1.34. The first kappa shape index (κ1) is 20.0. The molecule has 7 heteroatoms. The number of hydrogen-bond donors (Lipinski definition) is 2. The molecule has 0 atom stereocenters. The van der Waals surface area contributed by atoms with Crippen molar-refractivity contribution in [2.75, 3.05) is 31.7 Å². The third kappa shape index (κ3) is 5.07. The van der Waals surface area contributed by atoms with Crippen molar-refractivity contribution in [2.45, 2.75) is 44.2 Å². The number of nitrogens with two attached hydrogens (primary N) is 1. The van der Waals surface area contributed by atoms with Crippen LogP contribution in [0.4, 0.5) is 5.69 Å². The zero-order valence-corrected chi connectivity index (χ0v) is 15.4. The van der Waals surface area contributed by atoms with Gasteiger partial charge in [-0.1, -0.05) is 0 Å². The smallest absolute Gasteiger partial charge is 0.244 e. The van der Waals surface area contributed by atoms with Gasteiger partial charge in [0.2, 0.25) is 5.91 Å². The number of rotatable bonds is 4. The van der Waals surface area contributed by atoms with Gasteiger partial charge in [0.15, 0.2) is 0 Å². The summed E-state index contributed by atoms with van der Waals surface area (Å²) in [7, 11) is 0. The summed E-state index contributed by atoms with van der Waals surface area (Å²) in [5.41, 5.74) is 7.11. The van der Waals surface area contributed by atoms with Crippen molar-refractivity contribution in [3.8, 4) is 5.75 Å². The van der Waals surface area contributed by atoms with Gasteiger partial charge in [-0.25, -0.2) is 0 Å². The molecule has 0 radical (unpaired) electrons. The summed E-state index contributed by atoms with van der Waals surface area (Å²) in [6.07, 6.45) is 3.11. The van der Waals surface area contributed by atoms with Crippen LogP contribution in [0.1, 0.15) is 31.2 Å². The van der Waals surface area contributed by atoms with Crippen LogP contribution in [0.5, 0.6) is 5.75 Å². The average Bonchev–Trinajstić information content (AvgIpc) is 2.59. The van der Waals surface area contributed by atoms with Gasteiger partial charge in [-0.2, -0.15) is 0 Å². The summed E-state index contributed by atoms with van der Waals surface area (Å²) in [5, 5.41) is 2.93. The summed E-state index contributed by atoms with van der Waals surface area (Å²) < 4.78 is 16.7. The molecule has 3 N–H and O–H groups in total. The zero-order valence-electron chi connectivity index (χ0n) is 14.6. The number of aryl methyl sites for hydroxylation is 1. The lowest BCUT2D eigenvalue weighted by Gasteiger charge is -2.31. The standard InChI is InChI=1S/C18H26N2O4.ClH/c1-13-12-14(20-17(21)18(19)6-10-23-11-7-18)2-3-16(13)24-15-4-8-22-9-5-15;/h2-3,12,15H,4-11,19H2,1H3,(H,20,21);1H. The highest BCUT2D eigenvalue weighted by Gasteiger charge is 2.35. The van der Waals surface area contributed by atoms with E-state index in [4.69, 9.17) is 19.9 Å². The van der Waals surface area contributed by atoms with Crippen LogP contribution in [0.15, 0.2) is 18.2 Å². The molecule has 2 fully saturated rings. The van der Waals surface area contributed by atoms with E-state index < -0.39 is 5.54 Å². The fourth-order valence-corrected chi connectivity index (χ4v) is 3.05. The van der Waals surface area contributed by atoms with Crippen molar-refractivity contribution < 1.29 is 19.0 Å². The van der Waals surface area contributed by atoms with E-state index in [1.54, 1.807) is 0 Å². The van der Waals surface area contributed by atoms with Crippen molar-refractivity contribution in [3.63, 3.8) is 0 Å². The number of benzene rings is 1. The number of carbonyl (C=O) groups is 1. The van der Waals surface area contributed by atoms with E-state index in [1.165, 1.54) is 0 Å². The van der Waals surface area contributed by atoms with Gasteiger partial charge in [0.05, 0.1) is 13.2 Å². The summed E-state index contributed by atoms with van der Waals surface area (Å²) in [6, 6.07) is 5.70.